The topological polar surface area (TPSA) is 44.3 Å². The first-order valence-electron chi connectivity index (χ1n) is 5.20. The minimum atomic E-state index is 0. The van der Waals surface area contributed by atoms with Gasteiger partial charge in [0, 0.05) is 36.2 Å². The third kappa shape index (κ3) is 8.38. The number of hydrogen-bond donors (Lipinski definition) is 3. The number of nitrogens with one attached hydrogen (secondary N) is 2. The van der Waals surface area contributed by atoms with Crippen molar-refractivity contribution in [2.75, 3.05) is 26.2 Å². The summed E-state index contributed by atoms with van der Waals surface area (Å²) in [4.78, 5) is 0. The first kappa shape index (κ1) is 20.6. The molecule has 0 aliphatic heterocycles. The average molecular weight is 336 g/mol. The molecular weight excluding hydrogens is 318 g/mol. The van der Waals surface area contributed by atoms with Crippen molar-refractivity contribution in [3.05, 3.63) is 33.8 Å². The normalized spacial score (nSPS) is 9.50. The van der Waals surface area contributed by atoms with Crippen LogP contribution in [0.25, 0.3) is 0 Å². The molecule has 0 saturated heterocycles. The summed E-state index contributed by atoms with van der Waals surface area (Å²) in [6.07, 6.45) is 0. The van der Waals surface area contributed by atoms with Gasteiger partial charge in [-0.2, -0.15) is 0 Å². The number of hydrogen-bond acceptors (Lipinski definition) is 3. The molecule has 0 aliphatic carbocycles. The van der Waals surface area contributed by atoms with Gasteiger partial charge in [-0.1, -0.05) is 29.3 Å². The zero-order valence-corrected chi connectivity index (χ0v) is 12.9. The highest BCUT2D eigenvalue weighted by molar-refractivity contribution is 6.35. The maximum absolute atomic E-state index is 8.55. The predicted octanol–water partition coefficient (Wildman–Crippen LogP) is 2.51. The van der Waals surface area contributed by atoms with Crippen LogP contribution in [0.2, 0.25) is 10.0 Å². The van der Waals surface area contributed by atoms with E-state index in [1.54, 1.807) is 6.07 Å². The molecule has 7 heteroatoms. The number of rotatable bonds is 7. The van der Waals surface area contributed by atoms with Gasteiger partial charge in [0.1, 0.15) is 0 Å². The lowest BCUT2D eigenvalue weighted by Crippen LogP contribution is -2.28. The van der Waals surface area contributed by atoms with Crippen LogP contribution in [-0.4, -0.2) is 31.3 Å². The SMILES string of the molecule is Cl.Cl.OCCNCCNCc1ccc(Cl)cc1Cl. The molecule has 0 aromatic heterocycles. The van der Waals surface area contributed by atoms with E-state index >= 15 is 0 Å². The lowest BCUT2D eigenvalue weighted by molar-refractivity contribution is 0.292. The molecule has 1 aromatic rings. The molecule has 0 saturated carbocycles. The van der Waals surface area contributed by atoms with Crippen LogP contribution < -0.4 is 10.6 Å². The van der Waals surface area contributed by atoms with Crippen LogP contribution >= 0.6 is 48.0 Å². The Morgan fingerprint density at radius 2 is 1.67 bits per heavy atom. The molecule has 1 aromatic carbocycles. The lowest BCUT2D eigenvalue weighted by Gasteiger charge is -2.07. The highest BCUT2D eigenvalue weighted by Crippen LogP contribution is 2.20. The maximum Gasteiger partial charge on any atom is 0.0555 e. The van der Waals surface area contributed by atoms with Gasteiger partial charge < -0.3 is 15.7 Å². The number of aliphatic hydroxyl groups is 1. The monoisotopic (exact) mass is 334 g/mol. The number of halogens is 4. The molecule has 1 rings (SSSR count). The summed E-state index contributed by atoms with van der Waals surface area (Å²) in [5.41, 5.74) is 1.04. The Morgan fingerprint density at radius 3 is 2.28 bits per heavy atom. The fourth-order valence-corrected chi connectivity index (χ4v) is 1.74. The summed E-state index contributed by atoms with van der Waals surface area (Å²) >= 11 is 11.8. The molecule has 0 aliphatic rings. The van der Waals surface area contributed by atoms with Gasteiger partial charge in [-0.25, -0.2) is 0 Å². The quantitative estimate of drug-likeness (QED) is 0.671. The van der Waals surface area contributed by atoms with Gasteiger partial charge in [-0.15, -0.1) is 24.8 Å². The van der Waals surface area contributed by atoms with Gasteiger partial charge >= 0.3 is 0 Å². The Kier molecular flexibility index (Phi) is 14.1. The van der Waals surface area contributed by atoms with E-state index in [4.69, 9.17) is 28.3 Å². The molecule has 0 amide bonds. The Labute approximate surface area is 130 Å². The van der Waals surface area contributed by atoms with Gasteiger partial charge in [0.2, 0.25) is 0 Å². The average Bonchev–Trinajstić information content (AvgIpc) is 2.26. The minimum absolute atomic E-state index is 0. The van der Waals surface area contributed by atoms with E-state index in [1.807, 2.05) is 12.1 Å². The maximum atomic E-state index is 8.55. The minimum Gasteiger partial charge on any atom is -0.395 e. The standard InChI is InChI=1S/C11H16Cl2N2O.2ClH/c12-10-2-1-9(11(13)7-10)8-15-4-3-14-5-6-16;;/h1-2,7,14-16H,3-6,8H2;2*1H. The second kappa shape index (κ2) is 12.3. The molecule has 106 valence electrons. The van der Waals surface area contributed by atoms with E-state index in [2.05, 4.69) is 10.6 Å². The van der Waals surface area contributed by atoms with E-state index in [0.29, 0.717) is 16.6 Å². The zero-order valence-electron chi connectivity index (χ0n) is 9.79. The third-order valence-electron chi connectivity index (χ3n) is 2.10. The molecule has 0 fully saturated rings. The van der Waals surface area contributed by atoms with Crippen LogP contribution in [0, 0.1) is 0 Å². The van der Waals surface area contributed by atoms with Crippen LogP contribution in [0.4, 0.5) is 0 Å². The predicted molar refractivity (Wildman–Crippen MR) is 82.6 cm³/mol. The number of benzene rings is 1. The van der Waals surface area contributed by atoms with Crippen molar-refractivity contribution >= 4 is 48.0 Å². The van der Waals surface area contributed by atoms with Crippen molar-refractivity contribution in [3.8, 4) is 0 Å². The summed E-state index contributed by atoms with van der Waals surface area (Å²) in [6, 6.07) is 5.48. The molecule has 3 N–H and O–H groups in total. The Hall–Kier alpha value is 0.260. The summed E-state index contributed by atoms with van der Waals surface area (Å²) in [5.74, 6) is 0. The van der Waals surface area contributed by atoms with E-state index in [1.165, 1.54) is 0 Å². The Balaban J connectivity index is 0. The van der Waals surface area contributed by atoms with Gasteiger partial charge in [-0.3, -0.25) is 0 Å². The van der Waals surface area contributed by atoms with Crippen LogP contribution in [0.1, 0.15) is 5.56 Å². The summed E-state index contributed by atoms with van der Waals surface area (Å²) in [7, 11) is 0. The molecule has 3 nitrogen and oxygen atoms in total. The molecule has 0 heterocycles. The van der Waals surface area contributed by atoms with E-state index in [0.717, 1.165) is 25.2 Å². The highest BCUT2D eigenvalue weighted by atomic mass is 35.5. The lowest BCUT2D eigenvalue weighted by atomic mass is 10.2. The van der Waals surface area contributed by atoms with Crippen LogP contribution in [-0.2, 0) is 6.54 Å². The summed E-state index contributed by atoms with van der Waals surface area (Å²) in [6.45, 7) is 3.17. The molecule has 0 atom stereocenters. The van der Waals surface area contributed by atoms with Crippen LogP contribution in [0.3, 0.4) is 0 Å². The van der Waals surface area contributed by atoms with Crippen molar-refractivity contribution in [3.63, 3.8) is 0 Å². The van der Waals surface area contributed by atoms with Crippen molar-refractivity contribution < 1.29 is 5.11 Å². The van der Waals surface area contributed by atoms with Gasteiger partial charge in [0.05, 0.1) is 6.61 Å². The Morgan fingerprint density at radius 1 is 1.00 bits per heavy atom. The molecular formula is C11H18Cl4N2O. The van der Waals surface area contributed by atoms with E-state index < -0.39 is 0 Å². The summed E-state index contributed by atoms with van der Waals surface area (Å²) in [5, 5.41) is 16.2. The fraction of sp³-hybridized carbons (Fsp3) is 0.455. The molecule has 0 unspecified atom stereocenters. The van der Waals surface area contributed by atoms with Crippen molar-refractivity contribution in [1.29, 1.82) is 0 Å². The number of aliphatic hydroxyl groups excluding tert-OH is 1. The van der Waals surface area contributed by atoms with Gasteiger partial charge in [0.25, 0.3) is 0 Å². The Bertz CT molecular complexity index is 326. The van der Waals surface area contributed by atoms with E-state index in [9.17, 15) is 0 Å². The second-order valence-electron chi connectivity index (χ2n) is 3.39. The zero-order chi connectivity index (χ0) is 11.8. The van der Waals surface area contributed by atoms with Crippen molar-refractivity contribution in [1.82, 2.24) is 10.6 Å². The fourth-order valence-electron chi connectivity index (χ4n) is 1.27. The van der Waals surface area contributed by atoms with Crippen LogP contribution in [0.15, 0.2) is 18.2 Å². The molecule has 18 heavy (non-hydrogen) atoms. The smallest absolute Gasteiger partial charge is 0.0555 e. The third-order valence-corrected chi connectivity index (χ3v) is 2.68. The molecule has 0 radical (unpaired) electrons. The van der Waals surface area contributed by atoms with Crippen LogP contribution in [0.5, 0.6) is 0 Å². The largest absolute Gasteiger partial charge is 0.395 e. The summed E-state index contributed by atoms with van der Waals surface area (Å²) < 4.78 is 0. The first-order chi connectivity index (χ1) is 7.74. The molecule has 0 spiro atoms. The van der Waals surface area contributed by atoms with Gasteiger partial charge in [-0.05, 0) is 17.7 Å². The first-order valence-corrected chi connectivity index (χ1v) is 5.96. The highest BCUT2D eigenvalue weighted by Gasteiger charge is 2.00. The van der Waals surface area contributed by atoms with Gasteiger partial charge in [0.15, 0.2) is 0 Å². The molecule has 0 bridgehead atoms. The second-order valence-corrected chi connectivity index (χ2v) is 4.23. The van der Waals surface area contributed by atoms with Crippen molar-refractivity contribution in [2.45, 2.75) is 6.54 Å². The van der Waals surface area contributed by atoms with Crippen molar-refractivity contribution in [2.24, 2.45) is 0 Å². The van der Waals surface area contributed by atoms with E-state index in [-0.39, 0.29) is 31.4 Å².